The normalized spacial score (nSPS) is 18.6. The zero-order valence-corrected chi connectivity index (χ0v) is 18.9. The van der Waals surface area contributed by atoms with Crippen molar-refractivity contribution in [3.63, 3.8) is 0 Å². The second-order valence-electron chi connectivity index (χ2n) is 8.56. The molecule has 0 saturated carbocycles. The number of nitrogens with zero attached hydrogens (tertiary/aromatic N) is 1. The third-order valence-corrected chi connectivity index (χ3v) is 6.06. The summed E-state index contributed by atoms with van der Waals surface area (Å²) in [4.78, 5) is 24.9. The van der Waals surface area contributed by atoms with E-state index in [-0.39, 0.29) is 30.8 Å². The fraction of sp³-hybridized carbons (Fsp3) is 0.417. The van der Waals surface area contributed by atoms with Crippen LogP contribution in [0.5, 0.6) is 5.75 Å². The molecule has 2 aromatic carbocycles. The van der Waals surface area contributed by atoms with Gasteiger partial charge in [-0.2, -0.15) is 26.3 Å². The molecule has 2 aromatic rings. The number of hydrogen-bond acceptors (Lipinski definition) is 5. The van der Waals surface area contributed by atoms with Gasteiger partial charge in [-0.05, 0) is 61.3 Å². The van der Waals surface area contributed by atoms with Gasteiger partial charge < -0.3 is 14.9 Å². The Morgan fingerprint density at radius 2 is 1.78 bits per heavy atom. The first-order valence-corrected chi connectivity index (χ1v) is 10.9. The molecule has 2 unspecified atom stereocenters. The van der Waals surface area contributed by atoms with E-state index in [9.17, 15) is 41.0 Å². The van der Waals surface area contributed by atoms with Gasteiger partial charge in [-0.25, -0.2) is 0 Å². The van der Waals surface area contributed by atoms with E-state index < -0.39 is 65.5 Å². The first-order chi connectivity index (χ1) is 16.7. The van der Waals surface area contributed by atoms with Crippen LogP contribution in [0.4, 0.5) is 26.3 Å². The van der Waals surface area contributed by atoms with Crippen LogP contribution in [0.3, 0.4) is 0 Å². The molecule has 2 N–H and O–H groups in total. The number of aliphatic hydroxyl groups excluding tert-OH is 1. The van der Waals surface area contributed by atoms with Crippen LogP contribution in [-0.2, 0) is 21.9 Å². The minimum absolute atomic E-state index is 0.0329. The predicted molar refractivity (Wildman–Crippen MR) is 114 cm³/mol. The first-order valence-electron chi connectivity index (χ1n) is 10.9. The summed E-state index contributed by atoms with van der Waals surface area (Å²) in [6.45, 7) is 1.48. The summed E-state index contributed by atoms with van der Waals surface area (Å²) < 4.78 is 85.3. The minimum Gasteiger partial charge on any atom is -0.481 e. The maximum Gasteiger partial charge on any atom is 0.416 e. The molecule has 0 spiro atoms. The number of hydrogen-bond donors (Lipinski definition) is 2. The molecule has 1 saturated heterocycles. The Kier molecular flexibility index (Phi) is 7.99. The van der Waals surface area contributed by atoms with Gasteiger partial charge in [0.1, 0.15) is 5.75 Å². The van der Waals surface area contributed by atoms with Gasteiger partial charge in [0.25, 0.3) is 0 Å². The van der Waals surface area contributed by atoms with Gasteiger partial charge in [0.2, 0.25) is 0 Å². The number of aliphatic carboxylic acids is 1. The van der Waals surface area contributed by atoms with Gasteiger partial charge in [0, 0.05) is 12.6 Å². The molecule has 3 rings (SSSR count). The van der Waals surface area contributed by atoms with Crippen molar-refractivity contribution < 1.29 is 50.9 Å². The monoisotopic (exact) mass is 519 g/mol. The van der Waals surface area contributed by atoms with Crippen LogP contribution < -0.4 is 4.74 Å². The van der Waals surface area contributed by atoms with Crippen molar-refractivity contribution in [1.82, 2.24) is 4.90 Å². The molecule has 3 atom stereocenters. The molecule has 1 heterocycles. The molecular weight excluding hydrogens is 496 g/mol. The number of likely N-dealkylation sites (tertiary alicyclic amines) is 1. The van der Waals surface area contributed by atoms with E-state index in [1.54, 1.807) is 0 Å². The van der Waals surface area contributed by atoms with Crippen molar-refractivity contribution in [2.75, 3.05) is 13.1 Å². The smallest absolute Gasteiger partial charge is 0.416 e. The molecule has 0 aliphatic carbocycles. The number of carboxylic acid groups (broad SMARTS) is 1. The van der Waals surface area contributed by atoms with Crippen molar-refractivity contribution in [2.24, 2.45) is 5.92 Å². The van der Waals surface area contributed by atoms with Crippen LogP contribution in [0.1, 0.15) is 54.2 Å². The molecule has 1 aliphatic heterocycles. The molecule has 6 nitrogen and oxygen atoms in total. The lowest BCUT2D eigenvalue weighted by Crippen LogP contribution is -2.29. The summed E-state index contributed by atoms with van der Waals surface area (Å²) in [6.07, 6.45) is -11.3. The Morgan fingerprint density at radius 3 is 2.39 bits per heavy atom. The topological polar surface area (TPSA) is 87.1 Å². The van der Waals surface area contributed by atoms with E-state index in [2.05, 4.69) is 0 Å². The Morgan fingerprint density at radius 1 is 1.08 bits per heavy atom. The van der Waals surface area contributed by atoms with Crippen LogP contribution in [0, 0.1) is 5.92 Å². The lowest BCUT2D eigenvalue weighted by atomic mass is 9.97. The van der Waals surface area contributed by atoms with Crippen LogP contribution in [0.15, 0.2) is 42.5 Å². The largest absolute Gasteiger partial charge is 0.481 e. The van der Waals surface area contributed by atoms with Gasteiger partial charge >= 0.3 is 24.3 Å². The fourth-order valence-corrected chi connectivity index (χ4v) is 4.14. The second-order valence-corrected chi connectivity index (χ2v) is 8.56. The summed E-state index contributed by atoms with van der Waals surface area (Å²) in [5.74, 6) is -2.62. The minimum atomic E-state index is -4.86. The summed E-state index contributed by atoms with van der Waals surface area (Å²) in [5.41, 5.74) is -2.69. The third kappa shape index (κ3) is 6.55. The number of alkyl halides is 6. The summed E-state index contributed by atoms with van der Waals surface area (Å²) in [7, 11) is 0. The van der Waals surface area contributed by atoms with Gasteiger partial charge in [-0.1, -0.05) is 12.1 Å². The van der Waals surface area contributed by atoms with E-state index >= 15 is 0 Å². The van der Waals surface area contributed by atoms with Crippen molar-refractivity contribution in [3.05, 3.63) is 64.7 Å². The second kappa shape index (κ2) is 10.5. The summed E-state index contributed by atoms with van der Waals surface area (Å²) >= 11 is 0. The van der Waals surface area contributed by atoms with E-state index in [1.807, 2.05) is 0 Å². The molecule has 0 aromatic heterocycles. The van der Waals surface area contributed by atoms with E-state index in [1.165, 1.54) is 36.1 Å². The fourth-order valence-electron chi connectivity index (χ4n) is 4.14. The lowest BCUT2D eigenvalue weighted by Gasteiger charge is -2.28. The Bertz CT molecular complexity index is 1120. The molecule has 0 bridgehead atoms. The van der Waals surface area contributed by atoms with Crippen LogP contribution in [0.2, 0.25) is 0 Å². The van der Waals surface area contributed by atoms with Crippen LogP contribution >= 0.6 is 0 Å². The molecule has 1 aliphatic rings. The summed E-state index contributed by atoms with van der Waals surface area (Å²) in [5, 5.41) is 18.7. The van der Waals surface area contributed by atoms with Crippen LogP contribution in [-0.4, -0.2) is 40.1 Å². The van der Waals surface area contributed by atoms with Gasteiger partial charge in [-0.3, -0.25) is 14.5 Å². The SMILES string of the molecule is CC(c1cc(C(F)(F)F)ccc1C(F)(F)F)N1CCC(C(=O)Oc2cccc([C@H](O)CC(=O)O)c2)C1. The van der Waals surface area contributed by atoms with Crippen LogP contribution in [0.25, 0.3) is 0 Å². The zero-order valence-electron chi connectivity index (χ0n) is 18.9. The van der Waals surface area contributed by atoms with Gasteiger partial charge in [0.05, 0.1) is 29.6 Å². The van der Waals surface area contributed by atoms with E-state index in [4.69, 9.17) is 9.84 Å². The number of carbonyl (C=O) groups is 2. The highest BCUT2D eigenvalue weighted by atomic mass is 19.4. The number of halogens is 6. The molecular formula is C24H23F6NO5. The highest BCUT2D eigenvalue weighted by molar-refractivity contribution is 5.76. The number of carbonyl (C=O) groups excluding carboxylic acids is 1. The van der Waals surface area contributed by atoms with E-state index in [0.29, 0.717) is 18.2 Å². The maximum atomic E-state index is 13.5. The number of rotatable bonds is 7. The number of benzene rings is 2. The Labute approximate surface area is 202 Å². The Balaban J connectivity index is 1.74. The number of esters is 1. The highest BCUT2D eigenvalue weighted by Crippen LogP contribution is 2.41. The van der Waals surface area contributed by atoms with Crippen molar-refractivity contribution in [1.29, 1.82) is 0 Å². The van der Waals surface area contributed by atoms with Crippen molar-refractivity contribution in [2.45, 2.75) is 44.3 Å². The molecule has 0 radical (unpaired) electrons. The number of carboxylic acids is 1. The zero-order chi connectivity index (χ0) is 26.8. The first kappa shape index (κ1) is 27.5. The average molecular weight is 519 g/mol. The maximum absolute atomic E-state index is 13.5. The van der Waals surface area contributed by atoms with E-state index in [0.717, 1.165) is 0 Å². The lowest BCUT2D eigenvalue weighted by molar-refractivity contribution is -0.142. The molecule has 12 heteroatoms. The predicted octanol–water partition coefficient (Wildman–Crippen LogP) is 5.22. The molecule has 196 valence electrons. The highest BCUT2D eigenvalue weighted by Gasteiger charge is 2.40. The Hall–Kier alpha value is -3.12. The molecule has 1 fully saturated rings. The van der Waals surface area contributed by atoms with Gasteiger partial charge in [-0.15, -0.1) is 0 Å². The third-order valence-electron chi connectivity index (χ3n) is 6.06. The average Bonchev–Trinajstić information content (AvgIpc) is 3.27. The quantitative estimate of drug-likeness (QED) is 0.296. The van der Waals surface area contributed by atoms with Gasteiger partial charge in [0.15, 0.2) is 0 Å². The van der Waals surface area contributed by atoms with Crippen molar-refractivity contribution >= 4 is 11.9 Å². The summed E-state index contributed by atoms with van der Waals surface area (Å²) in [6, 6.07) is 5.88. The van der Waals surface area contributed by atoms with Crippen molar-refractivity contribution in [3.8, 4) is 5.75 Å². The standard InChI is InChI=1S/C24H23F6NO5/c1-13(18-10-16(23(25,26)27)5-6-19(18)24(28,29)30)31-8-7-15(12-31)22(35)36-17-4-2-3-14(9-17)20(32)11-21(33)34/h2-6,9-10,13,15,20,32H,7-8,11-12H2,1H3,(H,33,34)/t13?,15?,20-/m1/s1. The molecule has 0 amide bonds. The molecule has 36 heavy (non-hydrogen) atoms. The number of aliphatic hydroxyl groups is 1. The number of ether oxygens (including phenoxy) is 1.